The maximum Gasteiger partial charge on any atom is 0.266 e. The van der Waals surface area contributed by atoms with Crippen LogP contribution in [0.25, 0.3) is 6.08 Å². The van der Waals surface area contributed by atoms with Crippen LogP contribution in [0.3, 0.4) is 0 Å². The van der Waals surface area contributed by atoms with Crippen LogP contribution < -0.4 is 5.11 Å². The lowest BCUT2D eigenvalue weighted by molar-refractivity contribution is -0.311. The Bertz CT molecular complexity index is 716. The first-order chi connectivity index (χ1) is 11.3. The van der Waals surface area contributed by atoms with Gasteiger partial charge in [-0.2, -0.15) is 0 Å². The van der Waals surface area contributed by atoms with Crippen molar-refractivity contribution in [1.29, 1.82) is 0 Å². The molecule has 24 heavy (non-hydrogen) atoms. The number of thiocarbonyl (C=S) groups is 1. The van der Waals surface area contributed by atoms with E-state index in [1.807, 2.05) is 6.92 Å². The SMILES string of the molecule is CC[C@@H](C)[C@H](C(=O)[O-])N1C(=O)/C(=C/c2c(Cl)cccc2Cl)SC1=S. The molecule has 1 amide bonds. The number of carbonyl (C=O) groups excluding carboxylic acids is 2. The van der Waals surface area contributed by atoms with E-state index in [4.69, 9.17) is 35.4 Å². The second-order valence-electron chi connectivity index (χ2n) is 5.34. The average molecular weight is 403 g/mol. The normalized spacial score (nSPS) is 19.0. The number of halogens is 2. The summed E-state index contributed by atoms with van der Waals surface area (Å²) in [4.78, 5) is 25.6. The van der Waals surface area contributed by atoms with Crippen molar-refractivity contribution in [3.8, 4) is 0 Å². The molecule has 2 rings (SSSR count). The number of aliphatic carboxylic acids is 1. The van der Waals surface area contributed by atoms with Gasteiger partial charge < -0.3 is 9.90 Å². The number of carboxylic acids is 1. The molecule has 2 atom stereocenters. The highest BCUT2D eigenvalue weighted by molar-refractivity contribution is 8.26. The third kappa shape index (κ3) is 3.77. The van der Waals surface area contributed by atoms with E-state index in [9.17, 15) is 14.7 Å². The fourth-order valence-electron chi connectivity index (χ4n) is 2.31. The Balaban J connectivity index is 2.42. The summed E-state index contributed by atoms with van der Waals surface area (Å²) < 4.78 is 0.184. The van der Waals surface area contributed by atoms with Crippen molar-refractivity contribution in [3.63, 3.8) is 0 Å². The zero-order valence-electron chi connectivity index (χ0n) is 12.9. The van der Waals surface area contributed by atoms with E-state index in [0.717, 1.165) is 16.7 Å². The molecular weight excluding hydrogens is 389 g/mol. The molecule has 1 aromatic rings. The largest absolute Gasteiger partial charge is 0.548 e. The molecule has 0 aliphatic carbocycles. The second-order valence-corrected chi connectivity index (χ2v) is 7.83. The molecule has 1 heterocycles. The van der Waals surface area contributed by atoms with Gasteiger partial charge in [0.15, 0.2) is 0 Å². The Morgan fingerprint density at radius 3 is 2.50 bits per heavy atom. The topological polar surface area (TPSA) is 60.4 Å². The van der Waals surface area contributed by atoms with Crippen molar-refractivity contribution < 1.29 is 14.7 Å². The molecule has 0 bridgehead atoms. The molecule has 0 N–H and O–H groups in total. The standard InChI is InChI=1S/C16H15Cl2NO3S2/c1-3-8(2)13(15(21)22)19-14(20)12(24-16(19)23)7-9-10(17)5-4-6-11(9)18/h4-8,13H,3H2,1-2H3,(H,21,22)/p-1/b12-7-/t8-,13-/m1/s1. The van der Waals surface area contributed by atoms with Crippen LogP contribution in [0, 0.1) is 5.92 Å². The molecule has 0 aromatic heterocycles. The van der Waals surface area contributed by atoms with Crippen LogP contribution in [0.5, 0.6) is 0 Å². The van der Waals surface area contributed by atoms with Gasteiger partial charge in [-0.25, -0.2) is 0 Å². The zero-order chi connectivity index (χ0) is 18.0. The van der Waals surface area contributed by atoms with Gasteiger partial charge in [-0.15, -0.1) is 0 Å². The summed E-state index contributed by atoms with van der Waals surface area (Å²) in [5.74, 6) is -2.09. The molecule has 128 valence electrons. The number of rotatable bonds is 5. The van der Waals surface area contributed by atoms with Crippen molar-refractivity contribution in [1.82, 2.24) is 4.90 Å². The van der Waals surface area contributed by atoms with Gasteiger partial charge >= 0.3 is 0 Å². The van der Waals surface area contributed by atoms with Crippen molar-refractivity contribution >= 4 is 69.5 Å². The van der Waals surface area contributed by atoms with Gasteiger partial charge in [-0.05, 0) is 24.1 Å². The fraction of sp³-hybridized carbons (Fsp3) is 0.312. The number of carboxylic acid groups (broad SMARTS) is 1. The first-order valence-electron chi connectivity index (χ1n) is 7.19. The summed E-state index contributed by atoms with van der Waals surface area (Å²) in [6, 6.07) is 3.91. The minimum Gasteiger partial charge on any atom is -0.548 e. The lowest BCUT2D eigenvalue weighted by atomic mass is 9.98. The van der Waals surface area contributed by atoms with Crippen LogP contribution in [0.4, 0.5) is 0 Å². The molecule has 1 saturated heterocycles. The van der Waals surface area contributed by atoms with Crippen LogP contribution in [0.15, 0.2) is 23.1 Å². The third-order valence-electron chi connectivity index (χ3n) is 3.80. The third-order valence-corrected chi connectivity index (χ3v) is 5.79. The summed E-state index contributed by atoms with van der Waals surface area (Å²) in [5.41, 5.74) is 0.495. The highest BCUT2D eigenvalue weighted by atomic mass is 35.5. The van der Waals surface area contributed by atoms with E-state index >= 15 is 0 Å². The molecule has 0 radical (unpaired) electrons. The van der Waals surface area contributed by atoms with E-state index in [1.54, 1.807) is 25.1 Å². The number of hydrogen-bond donors (Lipinski definition) is 0. The maximum atomic E-state index is 12.7. The lowest BCUT2D eigenvalue weighted by Crippen LogP contribution is -2.53. The predicted molar refractivity (Wildman–Crippen MR) is 99.7 cm³/mol. The van der Waals surface area contributed by atoms with E-state index in [2.05, 4.69) is 0 Å². The molecule has 0 spiro atoms. The van der Waals surface area contributed by atoms with E-state index in [0.29, 0.717) is 22.0 Å². The highest BCUT2D eigenvalue weighted by Gasteiger charge is 2.39. The van der Waals surface area contributed by atoms with E-state index in [-0.39, 0.29) is 15.1 Å². The molecule has 4 nitrogen and oxygen atoms in total. The van der Waals surface area contributed by atoms with Crippen LogP contribution in [0.2, 0.25) is 10.0 Å². The molecule has 1 fully saturated rings. The Hall–Kier alpha value is -1.08. The fourth-order valence-corrected chi connectivity index (χ4v) is 4.13. The van der Waals surface area contributed by atoms with Crippen LogP contribution in [0.1, 0.15) is 25.8 Å². The Kier molecular flexibility index (Phi) is 6.31. The first-order valence-corrected chi connectivity index (χ1v) is 9.17. The second kappa shape index (κ2) is 7.87. The number of carbonyl (C=O) groups is 2. The van der Waals surface area contributed by atoms with Gasteiger partial charge in [0, 0.05) is 15.6 Å². The van der Waals surface area contributed by atoms with Crippen molar-refractivity contribution in [2.45, 2.75) is 26.3 Å². The monoisotopic (exact) mass is 402 g/mol. The summed E-state index contributed by atoms with van der Waals surface area (Å²) in [7, 11) is 0. The summed E-state index contributed by atoms with van der Waals surface area (Å²) >= 11 is 18.5. The Morgan fingerprint density at radius 1 is 1.42 bits per heavy atom. The maximum absolute atomic E-state index is 12.7. The number of amides is 1. The van der Waals surface area contributed by atoms with Crippen LogP contribution in [-0.2, 0) is 9.59 Å². The number of nitrogens with zero attached hydrogens (tertiary/aromatic N) is 1. The lowest BCUT2D eigenvalue weighted by Gasteiger charge is -2.32. The molecule has 0 saturated carbocycles. The molecule has 1 aliphatic heterocycles. The number of hydrogen-bond acceptors (Lipinski definition) is 5. The van der Waals surface area contributed by atoms with E-state index < -0.39 is 17.9 Å². The Labute approximate surface area is 159 Å². The van der Waals surface area contributed by atoms with Gasteiger partial charge in [-0.3, -0.25) is 9.69 Å². The number of thioether (sulfide) groups is 1. The van der Waals surface area contributed by atoms with Crippen LogP contribution >= 0.6 is 47.2 Å². The molecule has 1 aromatic carbocycles. The highest BCUT2D eigenvalue weighted by Crippen LogP contribution is 2.37. The predicted octanol–water partition coefficient (Wildman–Crippen LogP) is 3.36. The van der Waals surface area contributed by atoms with Gasteiger partial charge in [0.25, 0.3) is 5.91 Å². The van der Waals surface area contributed by atoms with Crippen LogP contribution in [-0.4, -0.2) is 27.1 Å². The molecule has 0 unspecified atom stereocenters. The average Bonchev–Trinajstić information content (AvgIpc) is 2.78. The number of benzene rings is 1. The van der Waals surface area contributed by atoms with Gasteiger partial charge in [0.05, 0.1) is 16.9 Å². The molecule has 1 aliphatic rings. The summed E-state index contributed by atoms with van der Waals surface area (Å²) in [6.45, 7) is 3.59. The zero-order valence-corrected chi connectivity index (χ0v) is 16.1. The summed E-state index contributed by atoms with van der Waals surface area (Å²) in [6.07, 6.45) is 2.11. The Morgan fingerprint density at radius 2 is 2.00 bits per heavy atom. The first kappa shape index (κ1) is 19.2. The summed E-state index contributed by atoms with van der Waals surface area (Å²) in [5, 5.41) is 12.3. The smallest absolute Gasteiger partial charge is 0.266 e. The quantitative estimate of drug-likeness (QED) is 0.558. The van der Waals surface area contributed by atoms with Gasteiger partial charge in [-0.1, -0.05) is 73.5 Å². The van der Waals surface area contributed by atoms with Crippen molar-refractivity contribution in [2.75, 3.05) is 0 Å². The van der Waals surface area contributed by atoms with Gasteiger partial charge in [0.1, 0.15) is 4.32 Å². The van der Waals surface area contributed by atoms with Gasteiger partial charge in [0.2, 0.25) is 0 Å². The van der Waals surface area contributed by atoms with Crippen molar-refractivity contribution in [2.24, 2.45) is 5.92 Å². The molecule has 8 heteroatoms. The minimum absolute atomic E-state index is 0.184. The van der Waals surface area contributed by atoms with E-state index in [1.165, 1.54) is 6.08 Å². The molecular formula is C16H14Cl2NO3S2-. The van der Waals surface area contributed by atoms with Crippen molar-refractivity contribution in [3.05, 3.63) is 38.7 Å². The minimum atomic E-state index is -1.32.